The van der Waals surface area contributed by atoms with Crippen LogP contribution in [0.5, 0.6) is 0 Å². The van der Waals surface area contributed by atoms with Crippen LogP contribution in [0.2, 0.25) is 0 Å². The number of amides is 3. The molecule has 2 saturated heterocycles. The lowest BCUT2D eigenvalue weighted by Crippen LogP contribution is -2.46. The van der Waals surface area contributed by atoms with Crippen LogP contribution in [-0.2, 0) is 9.59 Å². The molecular weight excluding hydrogens is 432 g/mol. The van der Waals surface area contributed by atoms with Gasteiger partial charge >= 0.3 is 0 Å². The van der Waals surface area contributed by atoms with E-state index in [1.54, 1.807) is 28.1 Å². The Kier molecular flexibility index (Phi) is 7.38. The highest BCUT2D eigenvalue weighted by Gasteiger charge is 2.30. The summed E-state index contributed by atoms with van der Waals surface area (Å²) in [7, 11) is 0. The van der Waals surface area contributed by atoms with Gasteiger partial charge in [-0.05, 0) is 55.0 Å². The Morgan fingerprint density at radius 2 is 1.76 bits per heavy atom. The molecule has 34 heavy (non-hydrogen) atoms. The molecule has 9 nitrogen and oxygen atoms in total. The number of likely N-dealkylation sites (tertiary alicyclic amines) is 2. The topological polar surface area (TPSA) is 118 Å². The molecule has 0 radical (unpaired) electrons. The molecule has 4 rings (SSSR count). The molecule has 0 saturated carbocycles. The third kappa shape index (κ3) is 5.52. The van der Waals surface area contributed by atoms with Gasteiger partial charge in [-0.2, -0.15) is 5.26 Å². The van der Waals surface area contributed by atoms with Crippen LogP contribution >= 0.6 is 0 Å². The van der Waals surface area contributed by atoms with Gasteiger partial charge in [0.2, 0.25) is 17.8 Å². The number of fused-ring (bicyclic) bond motifs is 1. The van der Waals surface area contributed by atoms with E-state index in [2.05, 4.69) is 15.6 Å². The molecule has 9 heteroatoms. The van der Waals surface area contributed by atoms with E-state index in [-0.39, 0.29) is 24.3 Å². The molecule has 2 heterocycles. The highest BCUT2D eigenvalue weighted by atomic mass is 16.2. The van der Waals surface area contributed by atoms with Gasteiger partial charge in [-0.3, -0.25) is 25.0 Å². The first-order chi connectivity index (χ1) is 16.5. The minimum atomic E-state index is -0.776. The molecule has 0 aromatic heterocycles. The van der Waals surface area contributed by atoms with Gasteiger partial charge in [0.1, 0.15) is 6.04 Å². The van der Waals surface area contributed by atoms with E-state index in [4.69, 9.17) is 5.26 Å². The van der Waals surface area contributed by atoms with Crippen molar-refractivity contribution in [1.82, 2.24) is 20.4 Å². The molecule has 2 aliphatic rings. The van der Waals surface area contributed by atoms with E-state index in [9.17, 15) is 14.4 Å². The van der Waals surface area contributed by atoms with Crippen molar-refractivity contribution in [1.29, 1.82) is 5.26 Å². The fraction of sp³-hybridized carbons (Fsp3) is 0.400. The molecular formula is C25H28N6O3. The van der Waals surface area contributed by atoms with Gasteiger partial charge in [-0.1, -0.05) is 30.3 Å². The number of carbonyl (C=O) groups excluding carboxylic acids is 3. The van der Waals surface area contributed by atoms with Crippen LogP contribution in [0.3, 0.4) is 0 Å². The second-order valence-electron chi connectivity index (χ2n) is 8.59. The Hall–Kier alpha value is -3.93. The van der Waals surface area contributed by atoms with E-state index in [0.717, 1.165) is 49.5 Å². The van der Waals surface area contributed by atoms with E-state index < -0.39 is 11.9 Å². The summed E-state index contributed by atoms with van der Waals surface area (Å²) < 4.78 is 0. The smallest absolute Gasteiger partial charge is 0.257 e. The molecule has 1 atom stereocenters. The first-order valence-corrected chi connectivity index (χ1v) is 11.6. The first-order valence-electron chi connectivity index (χ1n) is 11.6. The molecule has 0 spiro atoms. The minimum Gasteiger partial charge on any atom is -0.341 e. The number of nitrogens with zero attached hydrogens (tertiary/aromatic N) is 4. The number of aliphatic imine (C=N–C) groups is 1. The maximum atomic E-state index is 13.2. The van der Waals surface area contributed by atoms with Crippen LogP contribution in [-0.4, -0.2) is 65.7 Å². The molecule has 2 aromatic carbocycles. The molecule has 176 valence electrons. The Morgan fingerprint density at radius 1 is 1.03 bits per heavy atom. The summed E-state index contributed by atoms with van der Waals surface area (Å²) >= 11 is 0. The average Bonchev–Trinajstić information content (AvgIpc) is 3.34. The summed E-state index contributed by atoms with van der Waals surface area (Å²) in [4.78, 5) is 46.3. The van der Waals surface area contributed by atoms with Crippen molar-refractivity contribution in [2.24, 2.45) is 4.99 Å². The van der Waals surface area contributed by atoms with Crippen molar-refractivity contribution in [2.45, 2.75) is 38.1 Å². The van der Waals surface area contributed by atoms with Gasteiger partial charge in [-0.15, -0.1) is 0 Å². The standard InChI is InChI=1S/C25H28N6O3/c26-17-27-25(29-23(33)20-11-10-18-7-1-2-8-19(18)15-20)28-21-9-3-4-14-31(24(21)34)16-22(32)30-12-5-6-13-30/h1-2,7-8,10-11,15,21H,3-6,9,12-14,16H2,(H2,27,28,29,33). The summed E-state index contributed by atoms with van der Waals surface area (Å²) in [5.41, 5.74) is 0.413. The summed E-state index contributed by atoms with van der Waals surface area (Å²) in [6.45, 7) is 2.00. The number of rotatable bonds is 4. The quantitative estimate of drug-likeness (QED) is 0.313. The van der Waals surface area contributed by atoms with Crippen molar-refractivity contribution >= 4 is 34.5 Å². The first kappa shape index (κ1) is 23.2. The van der Waals surface area contributed by atoms with Crippen LogP contribution < -0.4 is 10.6 Å². The van der Waals surface area contributed by atoms with Gasteiger partial charge in [0, 0.05) is 25.2 Å². The molecule has 2 fully saturated rings. The van der Waals surface area contributed by atoms with Gasteiger partial charge in [0.25, 0.3) is 5.91 Å². The molecule has 2 aliphatic heterocycles. The summed E-state index contributed by atoms with van der Waals surface area (Å²) in [6.07, 6.45) is 5.77. The Labute approximate surface area is 198 Å². The lowest BCUT2D eigenvalue weighted by atomic mass is 10.1. The second kappa shape index (κ2) is 10.8. The zero-order valence-corrected chi connectivity index (χ0v) is 19.0. The van der Waals surface area contributed by atoms with Crippen molar-refractivity contribution in [3.63, 3.8) is 0 Å². The monoisotopic (exact) mass is 460 g/mol. The summed E-state index contributed by atoms with van der Waals surface area (Å²) in [5, 5.41) is 16.1. The number of hydrogen-bond donors (Lipinski definition) is 2. The molecule has 2 aromatic rings. The molecule has 3 amide bonds. The SMILES string of the molecule is N#CNC(=NC1CCCCN(CC(=O)N2CCCC2)C1=O)NC(=O)c1ccc2ccccc2c1. The third-order valence-corrected chi connectivity index (χ3v) is 6.24. The fourth-order valence-corrected chi connectivity index (χ4v) is 4.41. The Balaban J connectivity index is 1.48. The van der Waals surface area contributed by atoms with Crippen LogP contribution in [0.25, 0.3) is 10.8 Å². The van der Waals surface area contributed by atoms with Gasteiger partial charge < -0.3 is 9.80 Å². The maximum absolute atomic E-state index is 13.2. The van der Waals surface area contributed by atoms with Crippen LogP contribution in [0.15, 0.2) is 47.5 Å². The Morgan fingerprint density at radius 3 is 2.53 bits per heavy atom. The van der Waals surface area contributed by atoms with E-state index in [0.29, 0.717) is 18.5 Å². The molecule has 2 N–H and O–H groups in total. The number of benzene rings is 2. The van der Waals surface area contributed by atoms with Crippen LogP contribution in [0.4, 0.5) is 0 Å². The fourth-order valence-electron chi connectivity index (χ4n) is 4.41. The number of nitriles is 1. The number of guanidine groups is 1. The Bertz CT molecular complexity index is 1150. The van der Waals surface area contributed by atoms with Crippen molar-refractivity contribution in [3.05, 3.63) is 48.0 Å². The van der Waals surface area contributed by atoms with Gasteiger partial charge in [0.05, 0.1) is 6.54 Å². The predicted molar refractivity (Wildman–Crippen MR) is 128 cm³/mol. The molecule has 0 aliphatic carbocycles. The third-order valence-electron chi connectivity index (χ3n) is 6.24. The molecule has 1 unspecified atom stereocenters. The van der Waals surface area contributed by atoms with Crippen LogP contribution in [0.1, 0.15) is 42.5 Å². The minimum absolute atomic E-state index is 0.0370. The van der Waals surface area contributed by atoms with E-state index in [1.807, 2.05) is 30.3 Å². The average molecular weight is 461 g/mol. The number of nitrogens with one attached hydrogen (secondary N) is 2. The maximum Gasteiger partial charge on any atom is 0.257 e. The van der Waals surface area contributed by atoms with Crippen molar-refractivity contribution in [3.8, 4) is 6.19 Å². The largest absolute Gasteiger partial charge is 0.341 e. The zero-order chi connectivity index (χ0) is 23.9. The normalized spacial score (nSPS) is 19.0. The van der Waals surface area contributed by atoms with Crippen LogP contribution in [0, 0.1) is 11.5 Å². The lowest BCUT2D eigenvalue weighted by Gasteiger charge is -2.25. The van der Waals surface area contributed by atoms with Crippen molar-refractivity contribution in [2.75, 3.05) is 26.2 Å². The highest BCUT2D eigenvalue weighted by Crippen LogP contribution is 2.18. The highest BCUT2D eigenvalue weighted by molar-refractivity contribution is 6.08. The number of carbonyl (C=O) groups is 3. The van der Waals surface area contributed by atoms with Gasteiger partial charge in [-0.25, -0.2) is 4.99 Å². The van der Waals surface area contributed by atoms with Crippen molar-refractivity contribution < 1.29 is 14.4 Å². The number of hydrogen-bond acceptors (Lipinski definition) is 5. The predicted octanol–water partition coefficient (Wildman–Crippen LogP) is 2.00. The lowest BCUT2D eigenvalue weighted by molar-refractivity contribution is -0.140. The summed E-state index contributed by atoms with van der Waals surface area (Å²) in [6, 6.07) is 12.2. The zero-order valence-electron chi connectivity index (χ0n) is 19.0. The summed E-state index contributed by atoms with van der Waals surface area (Å²) in [5.74, 6) is -0.821. The van der Waals surface area contributed by atoms with E-state index >= 15 is 0 Å². The van der Waals surface area contributed by atoms with Gasteiger partial charge in [0.15, 0.2) is 6.19 Å². The van der Waals surface area contributed by atoms with E-state index in [1.165, 1.54) is 0 Å². The second-order valence-corrected chi connectivity index (χ2v) is 8.59. The molecule has 0 bridgehead atoms.